The van der Waals surface area contributed by atoms with E-state index in [0.29, 0.717) is 12.2 Å². The third-order valence-corrected chi connectivity index (χ3v) is 4.77. The van der Waals surface area contributed by atoms with Crippen LogP contribution in [0.25, 0.3) is 0 Å². The zero-order chi connectivity index (χ0) is 14.9. The van der Waals surface area contributed by atoms with Crippen molar-refractivity contribution in [3.63, 3.8) is 0 Å². The van der Waals surface area contributed by atoms with E-state index < -0.39 is 0 Å². The molecule has 4 heteroatoms. The van der Waals surface area contributed by atoms with Gasteiger partial charge in [-0.15, -0.1) is 0 Å². The molecule has 0 amide bonds. The van der Waals surface area contributed by atoms with Crippen molar-refractivity contribution in [1.29, 1.82) is 0 Å². The highest BCUT2D eigenvalue weighted by Gasteiger charge is 2.47. The van der Waals surface area contributed by atoms with Crippen LogP contribution in [0.1, 0.15) is 49.0 Å². The maximum absolute atomic E-state index is 12.1. The molecule has 2 aliphatic rings. The van der Waals surface area contributed by atoms with Gasteiger partial charge in [0.15, 0.2) is 0 Å². The van der Waals surface area contributed by atoms with Gasteiger partial charge in [0.2, 0.25) is 0 Å². The van der Waals surface area contributed by atoms with E-state index in [9.17, 15) is 4.79 Å². The van der Waals surface area contributed by atoms with Gasteiger partial charge in [-0.25, -0.2) is 4.79 Å². The lowest BCUT2D eigenvalue weighted by Crippen LogP contribution is -2.45. The van der Waals surface area contributed by atoms with E-state index in [1.165, 1.54) is 5.56 Å². The van der Waals surface area contributed by atoms with Crippen LogP contribution < -0.4 is 10.1 Å². The Labute approximate surface area is 125 Å². The van der Waals surface area contributed by atoms with Gasteiger partial charge in [-0.05, 0) is 57.5 Å². The predicted molar refractivity (Wildman–Crippen MR) is 80.9 cm³/mol. The zero-order valence-corrected chi connectivity index (χ0v) is 12.8. The molecule has 1 atom stereocenters. The summed E-state index contributed by atoms with van der Waals surface area (Å²) in [4.78, 5) is 12.1. The van der Waals surface area contributed by atoms with Gasteiger partial charge in [0.05, 0.1) is 12.2 Å². The highest BCUT2D eigenvalue weighted by molar-refractivity contribution is 5.90. The van der Waals surface area contributed by atoms with Gasteiger partial charge in [0.1, 0.15) is 11.9 Å². The van der Waals surface area contributed by atoms with E-state index in [4.69, 9.17) is 9.47 Å². The van der Waals surface area contributed by atoms with Crippen molar-refractivity contribution in [2.45, 2.75) is 44.6 Å². The fourth-order valence-corrected chi connectivity index (χ4v) is 3.50. The number of carbonyl (C=O) groups is 1. The summed E-state index contributed by atoms with van der Waals surface area (Å²) in [7, 11) is 0. The maximum Gasteiger partial charge on any atom is 0.338 e. The van der Waals surface area contributed by atoms with Crippen molar-refractivity contribution >= 4 is 5.97 Å². The molecule has 2 aliphatic heterocycles. The van der Waals surface area contributed by atoms with Gasteiger partial charge >= 0.3 is 5.97 Å². The Hall–Kier alpha value is -1.55. The van der Waals surface area contributed by atoms with E-state index in [0.717, 1.165) is 38.1 Å². The van der Waals surface area contributed by atoms with E-state index in [-0.39, 0.29) is 17.5 Å². The van der Waals surface area contributed by atoms with Crippen LogP contribution in [0.5, 0.6) is 5.75 Å². The number of ether oxygens (including phenoxy) is 2. The normalized spacial score (nSPS) is 22.7. The number of piperidine rings is 1. The number of fused-ring (bicyclic) bond motifs is 2. The second kappa shape index (κ2) is 5.68. The number of rotatable bonds is 3. The van der Waals surface area contributed by atoms with Gasteiger partial charge in [-0.2, -0.15) is 0 Å². The largest absolute Gasteiger partial charge is 0.489 e. The standard InChI is InChI=1S/C17H23NO3/c1-3-10-20-16(19)13-4-5-15-14(11-13)17(12(2)21-15)6-8-18-9-7-17/h4-5,11-12,18H,3,6-10H2,1-2H3/t12-/m1/s1. The summed E-state index contributed by atoms with van der Waals surface area (Å²) in [5.41, 5.74) is 1.86. The lowest BCUT2D eigenvalue weighted by molar-refractivity contribution is 0.0505. The van der Waals surface area contributed by atoms with Crippen LogP contribution in [0.2, 0.25) is 0 Å². The Bertz CT molecular complexity index is 535. The molecule has 0 saturated carbocycles. The minimum atomic E-state index is -0.233. The molecule has 21 heavy (non-hydrogen) atoms. The maximum atomic E-state index is 12.1. The highest BCUT2D eigenvalue weighted by atomic mass is 16.5. The van der Waals surface area contributed by atoms with Crippen LogP contribution in [-0.2, 0) is 10.2 Å². The third kappa shape index (κ3) is 2.42. The van der Waals surface area contributed by atoms with Crippen molar-refractivity contribution in [1.82, 2.24) is 5.32 Å². The van der Waals surface area contributed by atoms with Crippen LogP contribution in [0.3, 0.4) is 0 Å². The summed E-state index contributed by atoms with van der Waals surface area (Å²) in [6.07, 6.45) is 3.10. The van der Waals surface area contributed by atoms with Crippen LogP contribution in [-0.4, -0.2) is 31.8 Å². The molecule has 0 unspecified atom stereocenters. The molecule has 0 aliphatic carbocycles. The van der Waals surface area contributed by atoms with E-state index in [1.807, 2.05) is 25.1 Å². The fraction of sp³-hybridized carbons (Fsp3) is 0.588. The lowest BCUT2D eigenvalue weighted by Gasteiger charge is -2.36. The monoisotopic (exact) mass is 289 g/mol. The molecule has 1 aromatic rings. The Morgan fingerprint density at radius 1 is 1.43 bits per heavy atom. The molecule has 3 rings (SSSR count). The fourth-order valence-electron chi connectivity index (χ4n) is 3.50. The SMILES string of the molecule is CCCOC(=O)c1ccc2c(c1)C1(CCNCC1)[C@@H](C)O2. The summed E-state index contributed by atoms with van der Waals surface area (Å²) in [5.74, 6) is 0.694. The van der Waals surface area contributed by atoms with Gasteiger partial charge < -0.3 is 14.8 Å². The van der Waals surface area contributed by atoms with Gasteiger partial charge in [0, 0.05) is 11.0 Å². The quantitative estimate of drug-likeness (QED) is 0.869. The summed E-state index contributed by atoms with van der Waals surface area (Å²) in [6.45, 7) is 6.60. The molecule has 1 spiro atoms. The van der Waals surface area contributed by atoms with Gasteiger partial charge in [-0.3, -0.25) is 0 Å². The lowest BCUT2D eigenvalue weighted by atomic mass is 9.70. The number of nitrogens with one attached hydrogen (secondary N) is 1. The first-order chi connectivity index (χ1) is 10.2. The van der Waals surface area contributed by atoms with Crippen LogP contribution in [0.15, 0.2) is 18.2 Å². The highest BCUT2D eigenvalue weighted by Crippen LogP contribution is 2.48. The van der Waals surface area contributed by atoms with Crippen LogP contribution >= 0.6 is 0 Å². The summed E-state index contributed by atoms with van der Waals surface area (Å²) >= 11 is 0. The molecule has 1 fully saturated rings. The van der Waals surface area contributed by atoms with Crippen molar-refractivity contribution in [3.8, 4) is 5.75 Å². The van der Waals surface area contributed by atoms with E-state index >= 15 is 0 Å². The molecule has 1 saturated heterocycles. The van der Waals surface area contributed by atoms with Crippen LogP contribution in [0, 0.1) is 0 Å². The smallest absolute Gasteiger partial charge is 0.338 e. The molecule has 0 bridgehead atoms. The Balaban J connectivity index is 1.92. The Kier molecular flexibility index (Phi) is 3.89. The van der Waals surface area contributed by atoms with Gasteiger partial charge in [-0.1, -0.05) is 6.92 Å². The molecule has 1 aromatic carbocycles. The van der Waals surface area contributed by atoms with E-state index in [2.05, 4.69) is 12.2 Å². The number of hydrogen-bond acceptors (Lipinski definition) is 4. The van der Waals surface area contributed by atoms with Crippen molar-refractivity contribution in [2.24, 2.45) is 0 Å². The Morgan fingerprint density at radius 3 is 2.90 bits per heavy atom. The van der Waals surface area contributed by atoms with Crippen molar-refractivity contribution in [2.75, 3.05) is 19.7 Å². The molecule has 0 aromatic heterocycles. The number of carbonyl (C=O) groups excluding carboxylic acids is 1. The minimum Gasteiger partial charge on any atom is -0.489 e. The third-order valence-electron chi connectivity index (χ3n) is 4.77. The topological polar surface area (TPSA) is 47.6 Å². The van der Waals surface area contributed by atoms with Gasteiger partial charge in [0.25, 0.3) is 0 Å². The summed E-state index contributed by atoms with van der Waals surface area (Å²) < 4.78 is 11.3. The summed E-state index contributed by atoms with van der Waals surface area (Å²) in [6, 6.07) is 5.72. The second-order valence-electron chi connectivity index (χ2n) is 6.01. The van der Waals surface area contributed by atoms with Crippen molar-refractivity contribution in [3.05, 3.63) is 29.3 Å². The first-order valence-corrected chi connectivity index (χ1v) is 7.86. The minimum absolute atomic E-state index is 0.0433. The van der Waals surface area contributed by atoms with E-state index in [1.54, 1.807) is 0 Å². The zero-order valence-electron chi connectivity index (χ0n) is 12.8. The van der Waals surface area contributed by atoms with Crippen molar-refractivity contribution < 1.29 is 14.3 Å². The molecule has 114 valence electrons. The number of hydrogen-bond donors (Lipinski definition) is 1. The average Bonchev–Trinajstić information content (AvgIpc) is 2.77. The molecule has 2 heterocycles. The first-order valence-electron chi connectivity index (χ1n) is 7.86. The molecule has 0 radical (unpaired) electrons. The Morgan fingerprint density at radius 2 is 2.19 bits per heavy atom. The first kappa shape index (κ1) is 14.4. The average molecular weight is 289 g/mol. The van der Waals surface area contributed by atoms with Crippen LogP contribution in [0.4, 0.5) is 0 Å². The summed E-state index contributed by atoms with van der Waals surface area (Å²) in [5, 5.41) is 3.41. The molecule has 4 nitrogen and oxygen atoms in total. The number of benzene rings is 1. The second-order valence-corrected chi connectivity index (χ2v) is 6.01. The predicted octanol–water partition coefficient (Wildman–Crippen LogP) is 2.66. The molecular formula is C17H23NO3. The molecular weight excluding hydrogens is 266 g/mol. The molecule has 1 N–H and O–H groups in total. The number of esters is 1.